The molecule has 1 aromatic carbocycles. The van der Waals surface area contributed by atoms with Crippen LogP contribution in [0.5, 0.6) is 5.75 Å². The van der Waals surface area contributed by atoms with Crippen molar-refractivity contribution in [1.29, 1.82) is 0 Å². The van der Waals surface area contributed by atoms with E-state index < -0.39 is 0 Å². The van der Waals surface area contributed by atoms with E-state index in [0.29, 0.717) is 6.10 Å². The van der Waals surface area contributed by atoms with E-state index >= 15 is 0 Å². The van der Waals surface area contributed by atoms with Gasteiger partial charge in [0.15, 0.2) is 0 Å². The maximum Gasteiger partial charge on any atom is 0.120 e. The number of nitrogens with zero attached hydrogens (tertiary/aromatic N) is 2. The summed E-state index contributed by atoms with van der Waals surface area (Å²) in [6.45, 7) is 0. The fourth-order valence-corrected chi connectivity index (χ4v) is 2.25. The lowest BCUT2D eigenvalue weighted by Crippen LogP contribution is -2.29. The zero-order chi connectivity index (χ0) is 12.4. The van der Waals surface area contributed by atoms with Crippen LogP contribution < -0.4 is 16.0 Å². The van der Waals surface area contributed by atoms with Crippen molar-refractivity contribution >= 4 is 11.7 Å². The second-order valence-corrected chi connectivity index (χ2v) is 4.88. The van der Waals surface area contributed by atoms with Crippen LogP contribution in [0, 0.1) is 0 Å². The number of benzene rings is 1. The molecule has 6 heteroatoms. The number of hydrogen-bond acceptors (Lipinski definition) is 6. The lowest BCUT2D eigenvalue weighted by molar-refractivity contribution is 0.302. The Morgan fingerprint density at radius 1 is 1.44 bits per heavy atom. The molecule has 3 rings (SSSR count). The normalized spacial score (nSPS) is 16.5. The van der Waals surface area contributed by atoms with E-state index in [-0.39, 0.29) is 6.04 Å². The first-order chi connectivity index (χ1) is 8.86. The second kappa shape index (κ2) is 5.01. The maximum atomic E-state index is 5.78. The highest BCUT2D eigenvalue weighted by atomic mass is 32.1. The van der Waals surface area contributed by atoms with Crippen molar-refractivity contribution < 1.29 is 4.74 Å². The molecule has 1 heterocycles. The summed E-state index contributed by atoms with van der Waals surface area (Å²) in [5, 5.41) is 0. The molecule has 18 heavy (non-hydrogen) atoms. The molecule has 5 nitrogen and oxygen atoms in total. The third-order valence-corrected chi connectivity index (χ3v) is 3.35. The van der Waals surface area contributed by atoms with Gasteiger partial charge in [-0.2, -0.15) is 8.75 Å². The van der Waals surface area contributed by atoms with Gasteiger partial charge in [0.05, 0.1) is 35.8 Å². The SMILES string of the molecule is NNC(c1cccc(OC2CC2)c1)c1cnsn1. The van der Waals surface area contributed by atoms with Crippen molar-refractivity contribution in [3.8, 4) is 5.75 Å². The smallest absolute Gasteiger partial charge is 0.120 e. The summed E-state index contributed by atoms with van der Waals surface area (Å²) >= 11 is 1.18. The average molecular weight is 262 g/mol. The standard InChI is InChI=1S/C12H14N4OS/c13-15-12(11-7-14-18-16-11)8-2-1-3-10(6-8)17-9-4-5-9/h1-3,6-7,9,12,15H,4-5,13H2. The summed E-state index contributed by atoms with van der Waals surface area (Å²) in [6.07, 6.45) is 4.42. The third-order valence-electron chi connectivity index (χ3n) is 2.86. The van der Waals surface area contributed by atoms with Gasteiger partial charge in [0.25, 0.3) is 0 Å². The molecule has 1 aromatic heterocycles. The van der Waals surface area contributed by atoms with E-state index in [4.69, 9.17) is 10.6 Å². The summed E-state index contributed by atoms with van der Waals surface area (Å²) in [5.74, 6) is 6.49. The number of ether oxygens (including phenoxy) is 1. The molecule has 0 saturated heterocycles. The first kappa shape index (κ1) is 11.6. The highest BCUT2D eigenvalue weighted by Gasteiger charge is 2.24. The van der Waals surface area contributed by atoms with Crippen LogP contribution in [0.2, 0.25) is 0 Å². The molecule has 0 bridgehead atoms. The second-order valence-electron chi connectivity index (χ2n) is 4.32. The molecule has 1 aliphatic rings. The summed E-state index contributed by atoms with van der Waals surface area (Å²) < 4.78 is 14.0. The van der Waals surface area contributed by atoms with E-state index in [0.717, 1.165) is 29.8 Å². The first-order valence-corrected chi connectivity index (χ1v) is 6.60. The molecule has 1 unspecified atom stereocenters. The van der Waals surface area contributed by atoms with Gasteiger partial charge in [-0.05, 0) is 30.5 Å². The van der Waals surface area contributed by atoms with Gasteiger partial charge in [-0.1, -0.05) is 12.1 Å². The highest BCUT2D eigenvalue weighted by Crippen LogP contribution is 2.29. The van der Waals surface area contributed by atoms with Crippen molar-refractivity contribution in [3.05, 3.63) is 41.7 Å². The largest absolute Gasteiger partial charge is 0.490 e. The Hall–Kier alpha value is -1.50. The number of hydrogen-bond donors (Lipinski definition) is 2. The number of nitrogens with one attached hydrogen (secondary N) is 1. The Morgan fingerprint density at radius 3 is 3.00 bits per heavy atom. The van der Waals surface area contributed by atoms with E-state index in [2.05, 4.69) is 14.2 Å². The molecule has 0 spiro atoms. The molecule has 94 valence electrons. The highest BCUT2D eigenvalue weighted by molar-refractivity contribution is 6.99. The van der Waals surface area contributed by atoms with Gasteiger partial charge in [-0.25, -0.2) is 5.43 Å². The quantitative estimate of drug-likeness (QED) is 0.633. The van der Waals surface area contributed by atoms with Crippen LogP contribution in [0.25, 0.3) is 0 Å². The van der Waals surface area contributed by atoms with Gasteiger partial charge in [0.2, 0.25) is 0 Å². The molecule has 0 aliphatic heterocycles. The summed E-state index contributed by atoms with van der Waals surface area (Å²) in [7, 11) is 0. The van der Waals surface area contributed by atoms with Crippen LogP contribution in [0.3, 0.4) is 0 Å². The van der Waals surface area contributed by atoms with E-state index in [1.165, 1.54) is 11.7 Å². The van der Waals surface area contributed by atoms with Crippen LogP contribution in [0.4, 0.5) is 0 Å². The van der Waals surface area contributed by atoms with E-state index in [1.54, 1.807) is 6.20 Å². The summed E-state index contributed by atoms with van der Waals surface area (Å²) in [6, 6.07) is 7.80. The maximum absolute atomic E-state index is 5.78. The van der Waals surface area contributed by atoms with Crippen molar-refractivity contribution in [2.45, 2.75) is 25.0 Å². The van der Waals surface area contributed by atoms with Crippen molar-refractivity contribution in [2.24, 2.45) is 5.84 Å². The van der Waals surface area contributed by atoms with Gasteiger partial charge < -0.3 is 4.74 Å². The zero-order valence-electron chi connectivity index (χ0n) is 9.74. The van der Waals surface area contributed by atoms with Gasteiger partial charge >= 0.3 is 0 Å². The topological polar surface area (TPSA) is 73.1 Å². The van der Waals surface area contributed by atoms with Crippen LogP contribution in [-0.4, -0.2) is 14.9 Å². The Kier molecular flexibility index (Phi) is 3.22. The molecule has 0 radical (unpaired) electrons. The molecule has 1 saturated carbocycles. The lowest BCUT2D eigenvalue weighted by atomic mass is 10.0. The Balaban J connectivity index is 1.84. The minimum Gasteiger partial charge on any atom is -0.490 e. The van der Waals surface area contributed by atoms with Gasteiger partial charge in [0.1, 0.15) is 5.75 Å². The average Bonchev–Trinajstić information content (AvgIpc) is 3.04. The Bertz CT molecular complexity index is 513. The third kappa shape index (κ3) is 2.50. The molecule has 2 aromatic rings. The molecular formula is C12H14N4OS. The zero-order valence-corrected chi connectivity index (χ0v) is 10.6. The monoisotopic (exact) mass is 262 g/mol. The molecular weight excluding hydrogens is 248 g/mol. The van der Waals surface area contributed by atoms with Crippen molar-refractivity contribution in [3.63, 3.8) is 0 Å². The molecule has 0 amide bonds. The van der Waals surface area contributed by atoms with Crippen LogP contribution in [0.1, 0.15) is 30.1 Å². The van der Waals surface area contributed by atoms with Crippen molar-refractivity contribution in [1.82, 2.24) is 14.2 Å². The van der Waals surface area contributed by atoms with E-state index in [1.807, 2.05) is 24.3 Å². The lowest BCUT2D eigenvalue weighted by Gasteiger charge is -2.14. The predicted molar refractivity (Wildman–Crippen MR) is 69.2 cm³/mol. The van der Waals surface area contributed by atoms with Gasteiger partial charge in [-0.3, -0.25) is 5.84 Å². The fourth-order valence-electron chi connectivity index (χ4n) is 1.80. The number of hydrazine groups is 1. The van der Waals surface area contributed by atoms with Crippen LogP contribution in [0.15, 0.2) is 30.5 Å². The number of rotatable bonds is 5. The van der Waals surface area contributed by atoms with Gasteiger partial charge in [0, 0.05) is 0 Å². The molecule has 1 atom stereocenters. The first-order valence-electron chi connectivity index (χ1n) is 5.87. The summed E-state index contributed by atoms with van der Waals surface area (Å²) in [4.78, 5) is 0. The molecule has 1 fully saturated rings. The van der Waals surface area contributed by atoms with Crippen LogP contribution in [-0.2, 0) is 0 Å². The van der Waals surface area contributed by atoms with Crippen molar-refractivity contribution in [2.75, 3.05) is 0 Å². The minimum atomic E-state index is -0.147. The van der Waals surface area contributed by atoms with Gasteiger partial charge in [-0.15, -0.1) is 0 Å². The Labute approximate surface area is 109 Å². The number of aromatic nitrogens is 2. The molecule has 1 aliphatic carbocycles. The number of nitrogens with two attached hydrogens (primary N) is 1. The Morgan fingerprint density at radius 2 is 2.33 bits per heavy atom. The van der Waals surface area contributed by atoms with E-state index in [9.17, 15) is 0 Å². The minimum absolute atomic E-state index is 0.147. The van der Waals surface area contributed by atoms with Crippen LogP contribution >= 0.6 is 11.7 Å². The summed E-state index contributed by atoms with van der Waals surface area (Å²) in [5.41, 5.74) is 4.62. The fraction of sp³-hybridized carbons (Fsp3) is 0.333. The molecule has 3 N–H and O–H groups in total. The predicted octanol–water partition coefficient (Wildman–Crippen LogP) is 1.63.